The monoisotopic (exact) mass is 323 g/mol. The molecule has 0 bridgehead atoms. The van der Waals surface area contributed by atoms with E-state index < -0.39 is 3.36 Å². The first-order valence-electron chi connectivity index (χ1n) is 3.94. The van der Waals surface area contributed by atoms with Gasteiger partial charge in [-0.25, -0.2) is 4.98 Å². The van der Waals surface area contributed by atoms with Crippen molar-refractivity contribution in [2.24, 2.45) is 0 Å². The summed E-state index contributed by atoms with van der Waals surface area (Å²) in [5.74, 6) is 0.762. The van der Waals surface area contributed by atoms with Crippen LogP contribution in [0.25, 0.3) is 0 Å². The highest BCUT2D eigenvalue weighted by Gasteiger charge is 2.29. The molecular formula is C8H11Br2N3O. The minimum absolute atomic E-state index is 0.454. The van der Waals surface area contributed by atoms with Crippen LogP contribution in [0.15, 0.2) is 18.6 Å². The summed E-state index contributed by atoms with van der Waals surface area (Å²) < 4.78 is 4.61. The van der Waals surface area contributed by atoms with Crippen LogP contribution in [0.3, 0.4) is 0 Å². The number of ether oxygens (including phenoxy) is 1. The smallest absolute Gasteiger partial charge is 0.175 e. The van der Waals surface area contributed by atoms with Crippen LogP contribution in [0, 0.1) is 0 Å². The Bertz CT molecular complexity index is 281. The molecule has 0 aromatic carbocycles. The van der Waals surface area contributed by atoms with Crippen molar-refractivity contribution in [3.05, 3.63) is 18.6 Å². The summed E-state index contributed by atoms with van der Waals surface area (Å²) >= 11 is 6.99. The molecule has 0 aliphatic rings. The van der Waals surface area contributed by atoms with Crippen LogP contribution in [0.5, 0.6) is 0 Å². The summed E-state index contributed by atoms with van der Waals surface area (Å²) in [4.78, 5) is 10.1. The molecule has 6 heteroatoms. The third kappa shape index (κ3) is 2.90. The lowest BCUT2D eigenvalue weighted by Crippen LogP contribution is -2.39. The number of anilines is 1. The molecule has 0 amide bonds. The Labute approximate surface area is 99.9 Å². The Balaban J connectivity index is 2.79. The highest BCUT2D eigenvalue weighted by molar-refractivity contribution is 9.25. The number of aromatic nitrogens is 2. The quantitative estimate of drug-likeness (QED) is 0.627. The standard InChI is InChI=1S/C8H11Br2N3O/c1-13(8(9,10)6-14-2)7-5-11-3-4-12-7/h3-5H,6H2,1-2H3. The number of alkyl halides is 2. The minimum Gasteiger partial charge on any atom is -0.380 e. The average molecular weight is 325 g/mol. The average Bonchev–Trinajstić information content (AvgIpc) is 2.18. The highest BCUT2D eigenvalue weighted by Crippen LogP contribution is 2.32. The van der Waals surface area contributed by atoms with Crippen LogP contribution in [-0.2, 0) is 4.74 Å². The zero-order valence-corrected chi connectivity index (χ0v) is 11.1. The van der Waals surface area contributed by atoms with Gasteiger partial charge in [-0.15, -0.1) is 0 Å². The van der Waals surface area contributed by atoms with Gasteiger partial charge in [0.05, 0.1) is 12.8 Å². The maximum Gasteiger partial charge on any atom is 0.175 e. The summed E-state index contributed by atoms with van der Waals surface area (Å²) in [6.07, 6.45) is 4.97. The normalized spacial score (nSPS) is 11.4. The first-order chi connectivity index (χ1) is 6.58. The summed E-state index contributed by atoms with van der Waals surface area (Å²) in [6.45, 7) is 0.486. The molecule has 0 spiro atoms. The largest absolute Gasteiger partial charge is 0.380 e. The van der Waals surface area contributed by atoms with E-state index >= 15 is 0 Å². The van der Waals surface area contributed by atoms with E-state index in [1.54, 1.807) is 25.7 Å². The van der Waals surface area contributed by atoms with Crippen LogP contribution in [0.2, 0.25) is 0 Å². The molecule has 0 radical (unpaired) electrons. The molecule has 0 aliphatic heterocycles. The van der Waals surface area contributed by atoms with Gasteiger partial charge in [0.2, 0.25) is 0 Å². The van der Waals surface area contributed by atoms with Crippen LogP contribution in [0.1, 0.15) is 0 Å². The fourth-order valence-electron chi connectivity index (χ4n) is 0.903. The number of likely N-dealkylation sites (N-methyl/N-ethyl adjacent to an activating group) is 1. The third-order valence-electron chi connectivity index (χ3n) is 1.70. The fraction of sp³-hybridized carbons (Fsp3) is 0.500. The summed E-state index contributed by atoms with van der Waals surface area (Å²) in [6, 6.07) is 0. The molecular weight excluding hydrogens is 314 g/mol. The second kappa shape index (κ2) is 5.04. The summed E-state index contributed by atoms with van der Waals surface area (Å²) in [7, 11) is 3.54. The number of methoxy groups -OCH3 is 1. The van der Waals surface area contributed by atoms with Crippen molar-refractivity contribution in [3.8, 4) is 0 Å². The molecule has 0 saturated carbocycles. The molecule has 78 valence electrons. The van der Waals surface area contributed by atoms with Gasteiger partial charge in [-0.1, -0.05) is 0 Å². The lowest BCUT2D eigenvalue weighted by Gasteiger charge is -2.31. The first-order valence-corrected chi connectivity index (χ1v) is 5.53. The van der Waals surface area contributed by atoms with Crippen molar-refractivity contribution in [2.75, 3.05) is 25.7 Å². The molecule has 14 heavy (non-hydrogen) atoms. The molecule has 1 heterocycles. The van der Waals surface area contributed by atoms with Gasteiger partial charge >= 0.3 is 0 Å². The number of halogens is 2. The number of hydrogen-bond donors (Lipinski definition) is 0. The van der Waals surface area contributed by atoms with Crippen LogP contribution in [0.4, 0.5) is 5.82 Å². The molecule has 1 rings (SSSR count). The third-order valence-corrected chi connectivity index (χ3v) is 3.22. The second-order valence-electron chi connectivity index (χ2n) is 2.72. The summed E-state index contributed by atoms with van der Waals surface area (Å²) in [5.41, 5.74) is 0. The Kier molecular flexibility index (Phi) is 4.28. The van der Waals surface area contributed by atoms with E-state index in [9.17, 15) is 0 Å². The molecule has 0 atom stereocenters. The fourth-order valence-corrected chi connectivity index (χ4v) is 1.72. The van der Waals surface area contributed by atoms with Gasteiger partial charge in [-0.3, -0.25) is 4.98 Å². The molecule has 0 unspecified atom stereocenters. The van der Waals surface area contributed by atoms with E-state index in [1.807, 2.05) is 11.9 Å². The highest BCUT2D eigenvalue weighted by atomic mass is 79.9. The van der Waals surface area contributed by atoms with Crippen LogP contribution in [-0.4, -0.2) is 34.1 Å². The van der Waals surface area contributed by atoms with E-state index in [0.29, 0.717) is 6.61 Å². The molecule has 0 aliphatic carbocycles. The zero-order valence-electron chi connectivity index (χ0n) is 7.94. The molecule has 0 N–H and O–H groups in total. The maximum absolute atomic E-state index is 5.07. The predicted molar refractivity (Wildman–Crippen MR) is 62.9 cm³/mol. The lowest BCUT2D eigenvalue weighted by atomic mass is 10.5. The Morgan fingerprint density at radius 3 is 2.71 bits per heavy atom. The molecule has 1 aromatic heterocycles. The van der Waals surface area contributed by atoms with E-state index in [-0.39, 0.29) is 0 Å². The van der Waals surface area contributed by atoms with Crippen molar-refractivity contribution in [3.63, 3.8) is 0 Å². The van der Waals surface area contributed by atoms with Gasteiger partial charge in [0.25, 0.3) is 0 Å². The van der Waals surface area contributed by atoms with Gasteiger partial charge in [0.15, 0.2) is 3.36 Å². The second-order valence-corrected chi connectivity index (χ2v) is 6.41. The van der Waals surface area contributed by atoms with E-state index in [4.69, 9.17) is 4.74 Å². The van der Waals surface area contributed by atoms with Gasteiger partial charge in [0.1, 0.15) is 5.82 Å². The zero-order chi connectivity index (χ0) is 10.6. The van der Waals surface area contributed by atoms with Gasteiger partial charge in [0, 0.05) is 26.6 Å². The van der Waals surface area contributed by atoms with Crippen molar-refractivity contribution >= 4 is 37.7 Å². The molecule has 0 fully saturated rings. The maximum atomic E-state index is 5.07. The van der Waals surface area contributed by atoms with Crippen molar-refractivity contribution in [2.45, 2.75) is 3.36 Å². The Hall–Kier alpha value is -0.200. The molecule has 4 nitrogen and oxygen atoms in total. The van der Waals surface area contributed by atoms with Crippen molar-refractivity contribution in [1.29, 1.82) is 0 Å². The minimum atomic E-state index is -0.454. The van der Waals surface area contributed by atoms with E-state index in [1.165, 1.54) is 0 Å². The number of hydrogen-bond acceptors (Lipinski definition) is 4. The molecule has 0 saturated heterocycles. The van der Waals surface area contributed by atoms with Crippen LogP contribution >= 0.6 is 31.9 Å². The van der Waals surface area contributed by atoms with E-state index in [0.717, 1.165) is 5.82 Å². The van der Waals surface area contributed by atoms with Gasteiger partial charge in [-0.2, -0.15) is 0 Å². The number of nitrogens with zero attached hydrogens (tertiary/aromatic N) is 3. The Morgan fingerprint density at radius 1 is 1.50 bits per heavy atom. The van der Waals surface area contributed by atoms with E-state index in [2.05, 4.69) is 41.8 Å². The van der Waals surface area contributed by atoms with Crippen molar-refractivity contribution < 1.29 is 4.74 Å². The van der Waals surface area contributed by atoms with Gasteiger partial charge < -0.3 is 9.64 Å². The van der Waals surface area contributed by atoms with Crippen molar-refractivity contribution in [1.82, 2.24) is 9.97 Å². The predicted octanol–water partition coefficient (Wildman–Crippen LogP) is 2.00. The van der Waals surface area contributed by atoms with Crippen LogP contribution < -0.4 is 4.90 Å². The lowest BCUT2D eigenvalue weighted by molar-refractivity contribution is 0.195. The molecule has 1 aromatic rings. The SMILES string of the molecule is COCC(Br)(Br)N(C)c1cnccn1. The Morgan fingerprint density at radius 2 is 2.21 bits per heavy atom. The van der Waals surface area contributed by atoms with Gasteiger partial charge in [-0.05, 0) is 31.9 Å². The number of rotatable bonds is 4. The first kappa shape index (κ1) is 11.9. The summed E-state index contributed by atoms with van der Waals surface area (Å²) in [5, 5.41) is 0. The topological polar surface area (TPSA) is 38.2 Å².